The lowest BCUT2D eigenvalue weighted by atomic mass is 9.95. The summed E-state index contributed by atoms with van der Waals surface area (Å²) in [6, 6.07) is 13.9. The van der Waals surface area contributed by atoms with Crippen molar-refractivity contribution in [3.05, 3.63) is 65.4 Å². The number of rotatable bonds is 2. The van der Waals surface area contributed by atoms with Gasteiger partial charge in [0.15, 0.2) is 0 Å². The quantitative estimate of drug-likeness (QED) is 0.756. The lowest BCUT2D eigenvalue weighted by Gasteiger charge is -2.34. The number of H-pyrrole nitrogens is 1. The fraction of sp³-hybridized carbons (Fsp3) is 0.286. The van der Waals surface area contributed by atoms with Gasteiger partial charge >= 0.3 is 6.09 Å². The van der Waals surface area contributed by atoms with Crippen LogP contribution in [0.4, 0.5) is 4.79 Å². The fourth-order valence-corrected chi connectivity index (χ4v) is 4.11. The zero-order chi connectivity index (χ0) is 17.5. The van der Waals surface area contributed by atoms with Crippen molar-refractivity contribution in [3.63, 3.8) is 0 Å². The maximum atomic E-state index is 12.9. The molecule has 5 nitrogen and oxygen atoms in total. The van der Waals surface area contributed by atoms with Crippen molar-refractivity contribution in [1.29, 1.82) is 0 Å². The van der Waals surface area contributed by atoms with E-state index >= 15 is 0 Å². The first-order chi connectivity index (χ1) is 12.8. The van der Waals surface area contributed by atoms with E-state index in [0.29, 0.717) is 19.8 Å². The highest BCUT2D eigenvalue weighted by molar-refractivity contribution is 5.90. The van der Waals surface area contributed by atoms with Gasteiger partial charge in [-0.1, -0.05) is 30.3 Å². The first kappa shape index (κ1) is 15.3. The summed E-state index contributed by atoms with van der Waals surface area (Å²) < 4.78 is 11.5. The van der Waals surface area contributed by atoms with Crippen molar-refractivity contribution >= 4 is 17.0 Å². The Hall–Kier alpha value is -2.95. The molecule has 2 aromatic carbocycles. The Morgan fingerprint density at radius 3 is 3.00 bits per heavy atom. The normalized spacial score (nSPS) is 18.3. The number of nitrogens with one attached hydrogen (secondary N) is 1. The number of aromatic nitrogens is 1. The van der Waals surface area contributed by atoms with Gasteiger partial charge in [-0.05, 0) is 29.7 Å². The monoisotopic (exact) mass is 348 g/mol. The summed E-state index contributed by atoms with van der Waals surface area (Å²) in [7, 11) is 0. The zero-order valence-corrected chi connectivity index (χ0v) is 14.4. The van der Waals surface area contributed by atoms with E-state index in [-0.39, 0.29) is 12.1 Å². The van der Waals surface area contributed by atoms with E-state index in [1.807, 2.05) is 41.3 Å². The summed E-state index contributed by atoms with van der Waals surface area (Å²) in [4.78, 5) is 18.1. The molecule has 2 aliphatic rings. The van der Waals surface area contributed by atoms with Crippen LogP contribution in [0.1, 0.15) is 29.2 Å². The van der Waals surface area contributed by atoms with Crippen molar-refractivity contribution in [2.45, 2.75) is 25.5 Å². The molecule has 5 heteroatoms. The lowest BCUT2D eigenvalue weighted by Crippen LogP contribution is -2.38. The van der Waals surface area contributed by atoms with Gasteiger partial charge in [0.2, 0.25) is 0 Å². The summed E-state index contributed by atoms with van der Waals surface area (Å²) in [5, 5.41) is 1.21. The van der Waals surface area contributed by atoms with Crippen LogP contribution in [0.15, 0.2) is 48.7 Å². The molecule has 0 bridgehead atoms. The Labute approximate surface area is 151 Å². The smallest absolute Gasteiger partial charge is 0.410 e. The molecule has 1 N–H and O–H groups in total. The van der Waals surface area contributed by atoms with Gasteiger partial charge in [0.05, 0.1) is 12.6 Å². The second-order valence-electron chi connectivity index (χ2n) is 6.85. The Morgan fingerprint density at radius 1 is 1.23 bits per heavy atom. The molecule has 0 saturated heterocycles. The molecular formula is C21H20N2O3. The average Bonchev–Trinajstić information content (AvgIpc) is 3.03. The van der Waals surface area contributed by atoms with Crippen molar-refractivity contribution in [2.24, 2.45) is 0 Å². The van der Waals surface area contributed by atoms with Gasteiger partial charge in [-0.25, -0.2) is 4.79 Å². The predicted octanol–water partition coefficient (Wildman–Crippen LogP) is 4.19. The van der Waals surface area contributed by atoms with Crippen molar-refractivity contribution in [2.75, 3.05) is 13.2 Å². The van der Waals surface area contributed by atoms with E-state index in [1.165, 1.54) is 10.9 Å². The predicted molar refractivity (Wildman–Crippen MR) is 98.2 cm³/mol. The van der Waals surface area contributed by atoms with Gasteiger partial charge in [0.25, 0.3) is 0 Å². The molecule has 3 heterocycles. The molecule has 3 aromatic rings. The second kappa shape index (κ2) is 6.09. The molecule has 2 aliphatic heterocycles. The molecule has 1 unspecified atom stereocenters. The SMILES string of the molecule is O=C(OCc1ccccc1)N1CCc2c[nH]c3ccc4c(c23)C1CCO4. The van der Waals surface area contributed by atoms with E-state index in [9.17, 15) is 4.79 Å². The zero-order valence-electron chi connectivity index (χ0n) is 14.4. The Morgan fingerprint density at radius 2 is 2.12 bits per heavy atom. The minimum Gasteiger partial charge on any atom is -0.493 e. The number of hydrogen-bond donors (Lipinski definition) is 1. The molecule has 1 amide bonds. The summed E-state index contributed by atoms with van der Waals surface area (Å²) in [6.45, 7) is 1.56. The van der Waals surface area contributed by atoms with Crippen molar-refractivity contribution < 1.29 is 14.3 Å². The third-order valence-corrected chi connectivity index (χ3v) is 5.35. The van der Waals surface area contributed by atoms with Gasteiger partial charge in [0.1, 0.15) is 12.4 Å². The van der Waals surface area contributed by atoms with E-state index in [1.54, 1.807) is 0 Å². The second-order valence-corrected chi connectivity index (χ2v) is 6.85. The largest absolute Gasteiger partial charge is 0.493 e. The molecule has 132 valence electrons. The first-order valence-corrected chi connectivity index (χ1v) is 9.04. The third-order valence-electron chi connectivity index (χ3n) is 5.35. The molecule has 1 atom stereocenters. The molecule has 0 saturated carbocycles. The summed E-state index contributed by atoms with van der Waals surface area (Å²) in [6.07, 6.45) is 3.40. The topological polar surface area (TPSA) is 54.6 Å². The maximum absolute atomic E-state index is 12.9. The Kier molecular flexibility index (Phi) is 3.59. The molecule has 1 aromatic heterocycles. The standard InChI is InChI=1S/C21H20N2O3/c24-21(26-13-14-4-2-1-3-5-14)23-10-8-15-12-22-16-6-7-18-20(19(15)16)17(23)9-11-25-18/h1-7,12,17,22H,8-11,13H2. The highest BCUT2D eigenvalue weighted by atomic mass is 16.6. The van der Waals surface area contributed by atoms with Crippen LogP contribution in [-0.4, -0.2) is 29.1 Å². The van der Waals surface area contributed by atoms with Crippen molar-refractivity contribution in [3.8, 4) is 5.75 Å². The van der Waals surface area contributed by atoms with Crippen molar-refractivity contribution in [1.82, 2.24) is 9.88 Å². The van der Waals surface area contributed by atoms with Crippen LogP contribution >= 0.6 is 0 Å². The van der Waals surface area contributed by atoms with Crippen LogP contribution in [-0.2, 0) is 17.8 Å². The van der Waals surface area contributed by atoms with E-state index < -0.39 is 0 Å². The number of carbonyl (C=O) groups is 1. The summed E-state index contributed by atoms with van der Waals surface area (Å²) in [5.74, 6) is 0.886. The van der Waals surface area contributed by atoms with E-state index in [2.05, 4.69) is 17.2 Å². The molecule has 0 spiro atoms. The summed E-state index contributed by atoms with van der Waals surface area (Å²) >= 11 is 0. The van der Waals surface area contributed by atoms with Gasteiger partial charge in [-0.3, -0.25) is 0 Å². The number of ether oxygens (including phenoxy) is 2. The number of amides is 1. The van der Waals surface area contributed by atoms with Crippen LogP contribution < -0.4 is 4.74 Å². The van der Waals surface area contributed by atoms with Crippen LogP contribution in [0.2, 0.25) is 0 Å². The minimum absolute atomic E-state index is 0.00257. The first-order valence-electron chi connectivity index (χ1n) is 9.04. The highest BCUT2D eigenvalue weighted by Gasteiger charge is 2.35. The molecule has 26 heavy (non-hydrogen) atoms. The Bertz CT molecular complexity index is 964. The third kappa shape index (κ3) is 2.43. The highest BCUT2D eigenvalue weighted by Crippen LogP contribution is 2.44. The molecule has 0 radical (unpaired) electrons. The number of nitrogens with zero attached hydrogens (tertiary/aromatic N) is 1. The van der Waals surface area contributed by atoms with Gasteiger partial charge in [-0.2, -0.15) is 0 Å². The minimum atomic E-state index is -0.252. The number of aromatic amines is 1. The average molecular weight is 348 g/mol. The van der Waals surface area contributed by atoms with Crippen LogP contribution in [0.3, 0.4) is 0 Å². The van der Waals surface area contributed by atoms with E-state index in [0.717, 1.165) is 35.2 Å². The van der Waals surface area contributed by atoms with Crippen LogP contribution in [0.5, 0.6) is 5.75 Å². The summed E-state index contributed by atoms with van der Waals surface area (Å²) in [5.41, 5.74) is 4.47. The maximum Gasteiger partial charge on any atom is 0.410 e. The van der Waals surface area contributed by atoms with Gasteiger partial charge < -0.3 is 19.4 Å². The van der Waals surface area contributed by atoms with E-state index in [4.69, 9.17) is 9.47 Å². The number of hydrogen-bond acceptors (Lipinski definition) is 3. The number of benzene rings is 2. The van der Waals surface area contributed by atoms with Crippen LogP contribution in [0, 0.1) is 0 Å². The molecule has 0 fully saturated rings. The molecule has 0 aliphatic carbocycles. The molecule has 5 rings (SSSR count). The Balaban J connectivity index is 1.46. The molecular weight excluding hydrogens is 328 g/mol. The fourth-order valence-electron chi connectivity index (χ4n) is 4.11. The van der Waals surface area contributed by atoms with Crippen LogP contribution in [0.25, 0.3) is 10.9 Å². The van der Waals surface area contributed by atoms with Gasteiger partial charge in [0, 0.05) is 35.6 Å². The number of carbonyl (C=O) groups excluding carboxylic acids is 1. The van der Waals surface area contributed by atoms with Gasteiger partial charge in [-0.15, -0.1) is 0 Å². The lowest BCUT2D eigenvalue weighted by molar-refractivity contribution is 0.0714.